The summed E-state index contributed by atoms with van der Waals surface area (Å²) in [5, 5.41) is 3.58. The van der Waals surface area contributed by atoms with Crippen molar-refractivity contribution in [3.8, 4) is 5.75 Å². The SMILES string of the molecule is CCC(CC)NC(=O)C(C)Oc1cc(Cl)ccc1C. The zero-order valence-electron chi connectivity index (χ0n) is 12.0. The second-order valence-electron chi connectivity index (χ2n) is 4.69. The van der Waals surface area contributed by atoms with Crippen LogP contribution in [-0.4, -0.2) is 18.1 Å². The molecule has 0 radical (unpaired) electrons. The number of ether oxygens (including phenoxy) is 1. The molecule has 0 spiro atoms. The Morgan fingerprint density at radius 3 is 2.58 bits per heavy atom. The Labute approximate surface area is 120 Å². The van der Waals surface area contributed by atoms with Crippen molar-refractivity contribution in [1.82, 2.24) is 5.32 Å². The first kappa shape index (κ1) is 15.8. The Hall–Kier alpha value is -1.22. The maximum atomic E-state index is 12.0. The van der Waals surface area contributed by atoms with Crippen LogP contribution in [0.15, 0.2) is 18.2 Å². The third-order valence-corrected chi connectivity index (χ3v) is 3.39. The predicted octanol–water partition coefficient (Wildman–Crippen LogP) is 3.72. The van der Waals surface area contributed by atoms with Gasteiger partial charge in [-0.1, -0.05) is 31.5 Å². The van der Waals surface area contributed by atoms with Crippen molar-refractivity contribution in [3.05, 3.63) is 28.8 Å². The summed E-state index contributed by atoms with van der Waals surface area (Å²) in [6.07, 6.45) is 1.31. The minimum atomic E-state index is -0.530. The molecular weight excluding hydrogens is 262 g/mol. The molecule has 1 aromatic carbocycles. The maximum Gasteiger partial charge on any atom is 0.260 e. The van der Waals surface area contributed by atoms with Crippen LogP contribution < -0.4 is 10.1 Å². The highest BCUT2D eigenvalue weighted by Gasteiger charge is 2.18. The summed E-state index contributed by atoms with van der Waals surface area (Å²) in [6.45, 7) is 7.79. The van der Waals surface area contributed by atoms with Gasteiger partial charge in [-0.2, -0.15) is 0 Å². The Kier molecular flexibility index (Phi) is 6.16. The first-order chi connectivity index (χ1) is 8.97. The lowest BCUT2D eigenvalue weighted by Gasteiger charge is -2.20. The van der Waals surface area contributed by atoms with E-state index in [0.717, 1.165) is 18.4 Å². The van der Waals surface area contributed by atoms with Gasteiger partial charge < -0.3 is 10.1 Å². The van der Waals surface area contributed by atoms with Gasteiger partial charge >= 0.3 is 0 Å². The molecule has 1 rings (SSSR count). The van der Waals surface area contributed by atoms with Crippen LogP contribution in [-0.2, 0) is 4.79 Å². The van der Waals surface area contributed by atoms with Gasteiger partial charge in [-0.15, -0.1) is 0 Å². The highest BCUT2D eigenvalue weighted by atomic mass is 35.5. The van der Waals surface area contributed by atoms with Crippen LogP contribution in [0.2, 0.25) is 5.02 Å². The van der Waals surface area contributed by atoms with Gasteiger partial charge in [-0.3, -0.25) is 4.79 Å². The van der Waals surface area contributed by atoms with E-state index in [1.165, 1.54) is 0 Å². The lowest BCUT2D eigenvalue weighted by Crippen LogP contribution is -2.42. The zero-order valence-corrected chi connectivity index (χ0v) is 12.8. The monoisotopic (exact) mass is 283 g/mol. The van der Waals surface area contributed by atoms with Crippen LogP contribution in [0.3, 0.4) is 0 Å². The van der Waals surface area contributed by atoms with Gasteiger partial charge in [0.15, 0.2) is 6.10 Å². The molecule has 3 nitrogen and oxygen atoms in total. The molecule has 0 bridgehead atoms. The molecule has 0 aliphatic carbocycles. The van der Waals surface area contributed by atoms with E-state index in [0.29, 0.717) is 10.8 Å². The molecule has 0 saturated heterocycles. The number of halogens is 1. The summed E-state index contributed by atoms with van der Waals surface area (Å²) in [6, 6.07) is 5.62. The van der Waals surface area contributed by atoms with Crippen LogP contribution in [0.1, 0.15) is 39.2 Å². The van der Waals surface area contributed by atoms with Gasteiger partial charge in [0.25, 0.3) is 5.91 Å². The molecule has 1 N–H and O–H groups in total. The molecule has 1 aromatic rings. The normalized spacial score (nSPS) is 12.3. The topological polar surface area (TPSA) is 38.3 Å². The third kappa shape index (κ3) is 4.75. The second kappa shape index (κ2) is 7.39. The van der Waals surface area contributed by atoms with Gasteiger partial charge in [0.05, 0.1) is 0 Å². The molecule has 0 aliphatic rings. The van der Waals surface area contributed by atoms with Crippen molar-refractivity contribution >= 4 is 17.5 Å². The lowest BCUT2D eigenvalue weighted by molar-refractivity contribution is -0.128. The smallest absolute Gasteiger partial charge is 0.260 e. The van der Waals surface area contributed by atoms with Crippen molar-refractivity contribution in [2.75, 3.05) is 0 Å². The summed E-state index contributed by atoms with van der Waals surface area (Å²) in [7, 11) is 0. The van der Waals surface area contributed by atoms with Crippen LogP contribution >= 0.6 is 11.6 Å². The molecule has 0 aliphatic heterocycles. The number of rotatable bonds is 6. The number of nitrogens with one attached hydrogen (secondary N) is 1. The molecule has 0 saturated carbocycles. The van der Waals surface area contributed by atoms with Crippen LogP contribution in [0, 0.1) is 6.92 Å². The first-order valence-corrected chi connectivity index (χ1v) is 7.08. The van der Waals surface area contributed by atoms with Crippen LogP contribution in [0.4, 0.5) is 0 Å². The Balaban J connectivity index is 2.65. The molecule has 106 valence electrons. The van der Waals surface area contributed by atoms with E-state index < -0.39 is 6.10 Å². The summed E-state index contributed by atoms with van der Waals surface area (Å²) in [5.41, 5.74) is 0.964. The number of carbonyl (C=O) groups is 1. The van der Waals surface area contributed by atoms with Crippen LogP contribution in [0.25, 0.3) is 0 Å². The average Bonchev–Trinajstić information content (AvgIpc) is 2.39. The van der Waals surface area contributed by atoms with Crippen molar-refractivity contribution in [3.63, 3.8) is 0 Å². The standard InChI is InChI=1S/C15H22ClNO2/c1-5-13(6-2)17-15(18)11(4)19-14-9-12(16)8-7-10(14)3/h7-9,11,13H,5-6H2,1-4H3,(H,17,18). The molecule has 4 heteroatoms. The first-order valence-electron chi connectivity index (χ1n) is 6.71. The molecule has 0 aromatic heterocycles. The quantitative estimate of drug-likeness (QED) is 0.864. The lowest BCUT2D eigenvalue weighted by atomic mass is 10.1. The number of aryl methyl sites for hydroxylation is 1. The molecule has 1 amide bonds. The molecule has 0 heterocycles. The molecule has 19 heavy (non-hydrogen) atoms. The summed E-state index contributed by atoms with van der Waals surface area (Å²) in [4.78, 5) is 12.0. The summed E-state index contributed by atoms with van der Waals surface area (Å²) < 4.78 is 5.68. The molecule has 0 fully saturated rings. The highest BCUT2D eigenvalue weighted by Crippen LogP contribution is 2.23. The number of hydrogen-bond donors (Lipinski definition) is 1. The van der Waals surface area contributed by atoms with Gasteiger partial charge in [-0.05, 0) is 44.4 Å². The van der Waals surface area contributed by atoms with E-state index in [4.69, 9.17) is 16.3 Å². The van der Waals surface area contributed by atoms with Crippen molar-refractivity contribution in [2.24, 2.45) is 0 Å². The zero-order chi connectivity index (χ0) is 14.4. The number of amides is 1. The minimum absolute atomic E-state index is 0.0897. The van der Waals surface area contributed by atoms with Gasteiger partial charge in [0, 0.05) is 11.1 Å². The highest BCUT2D eigenvalue weighted by molar-refractivity contribution is 6.30. The van der Waals surface area contributed by atoms with E-state index in [9.17, 15) is 4.79 Å². The van der Waals surface area contributed by atoms with Crippen molar-refractivity contribution in [2.45, 2.75) is 52.7 Å². The molecule has 1 unspecified atom stereocenters. The van der Waals surface area contributed by atoms with Crippen LogP contribution in [0.5, 0.6) is 5.75 Å². The Morgan fingerprint density at radius 2 is 2.00 bits per heavy atom. The Bertz CT molecular complexity index is 430. The van der Waals surface area contributed by atoms with E-state index in [2.05, 4.69) is 19.2 Å². The van der Waals surface area contributed by atoms with E-state index in [1.54, 1.807) is 19.1 Å². The maximum absolute atomic E-state index is 12.0. The fourth-order valence-electron chi connectivity index (χ4n) is 1.76. The van der Waals surface area contributed by atoms with Gasteiger partial charge in [0.1, 0.15) is 5.75 Å². The minimum Gasteiger partial charge on any atom is -0.481 e. The Morgan fingerprint density at radius 1 is 1.37 bits per heavy atom. The number of hydrogen-bond acceptors (Lipinski definition) is 2. The van der Waals surface area contributed by atoms with E-state index in [1.807, 2.05) is 13.0 Å². The van der Waals surface area contributed by atoms with Crippen molar-refractivity contribution < 1.29 is 9.53 Å². The number of carbonyl (C=O) groups excluding carboxylic acids is 1. The number of benzene rings is 1. The fraction of sp³-hybridized carbons (Fsp3) is 0.533. The van der Waals surface area contributed by atoms with Crippen molar-refractivity contribution in [1.29, 1.82) is 0 Å². The average molecular weight is 284 g/mol. The molecular formula is C15H22ClNO2. The fourth-order valence-corrected chi connectivity index (χ4v) is 1.92. The van der Waals surface area contributed by atoms with E-state index in [-0.39, 0.29) is 11.9 Å². The van der Waals surface area contributed by atoms with E-state index >= 15 is 0 Å². The molecule has 1 atom stereocenters. The predicted molar refractivity (Wildman–Crippen MR) is 78.8 cm³/mol. The van der Waals surface area contributed by atoms with Gasteiger partial charge in [0.2, 0.25) is 0 Å². The summed E-state index contributed by atoms with van der Waals surface area (Å²) in [5.74, 6) is 0.563. The summed E-state index contributed by atoms with van der Waals surface area (Å²) >= 11 is 5.93. The second-order valence-corrected chi connectivity index (χ2v) is 5.13. The van der Waals surface area contributed by atoms with Gasteiger partial charge in [-0.25, -0.2) is 0 Å². The third-order valence-electron chi connectivity index (χ3n) is 3.16. The largest absolute Gasteiger partial charge is 0.481 e.